The molecule has 0 aliphatic carbocycles. The monoisotopic (exact) mass is 308 g/mol. The van der Waals surface area contributed by atoms with Crippen molar-refractivity contribution < 1.29 is 4.79 Å². The quantitative estimate of drug-likeness (QED) is 0.640. The third-order valence-electron chi connectivity index (χ3n) is 3.26. The summed E-state index contributed by atoms with van der Waals surface area (Å²) in [6, 6.07) is 3.68. The summed E-state index contributed by atoms with van der Waals surface area (Å²) in [4.78, 5) is 14.4. The standard InChI is InChI=1S/C14H17BrN2O/c1-9-4-3-5-17(8-9)14(18)12-6-11(15)7-13(16)10(12)2/h4,6-7H,3,5,8,16H2,1-2H3. The van der Waals surface area contributed by atoms with Crippen LogP contribution in [-0.2, 0) is 0 Å². The van der Waals surface area contributed by atoms with E-state index in [9.17, 15) is 4.79 Å². The van der Waals surface area contributed by atoms with Crippen LogP contribution in [0.2, 0.25) is 0 Å². The van der Waals surface area contributed by atoms with Crippen molar-refractivity contribution in [3.8, 4) is 0 Å². The van der Waals surface area contributed by atoms with E-state index < -0.39 is 0 Å². The molecule has 0 radical (unpaired) electrons. The Bertz CT molecular complexity index is 523. The number of rotatable bonds is 1. The number of carbonyl (C=O) groups excluding carboxylic acids is 1. The zero-order chi connectivity index (χ0) is 13.3. The van der Waals surface area contributed by atoms with E-state index in [4.69, 9.17) is 5.73 Å². The van der Waals surface area contributed by atoms with Gasteiger partial charge in [-0.25, -0.2) is 0 Å². The maximum Gasteiger partial charge on any atom is 0.254 e. The van der Waals surface area contributed by atoms with Crippen molar-refractivity contribution >= 4 is 27.5 Å². The predicted molar refractivity (Wildman–Crippen MR) is 77.6 cm³/mol. The van der Waals surface area contributed by atoms with Gasteiger partial charge in [-0.05, 0) is 38.0 Å². The van der Waals surface area contributed by atoms with E-state index in [2.05, 4.69) is 28.9 Å². The minimum Gasteiger partial charge on any atom is -0.398 e. The van der Waals surface area contributed by atoms with E-state index >= 15 is 0 Å². The molecule has 0 saturated carbocycles. The van der Waals surface area contributed by atoms with Gasteiger partial charge >= 0.3 is 0 Å². The highest BCUT2D eigenvalue weighted by Gasteiger charge is 2.20. The lowest BCUT2D eigenvalue weighted by Gasteiger charge is -2.27. The van der Waals surface area contributed by atoms with Crippen LogP contribution < -0.4 is 5.73 Å². The second-order valence-electron chi connectivity index (χ2n) is 4.73. The van der Waals surface area contributed by atoms with Crippen molar-refractivity contribution in [1.82, 2.24) is 4.90 Å². The van der Waals surface area contributed by atoms with E-state index in [1.165, 1.54) is 5.57 Å². The summed E-state index contributed by atoms with van der Waals surface area (Å²) < 4.78 is 0.846. The number of nitrogen functional groups attached to an aromatic ring is 1. The average molecular weight is 309 g/mol. The Hall–Kier alpha value is -1.29. The van der Waals surface area contributed by atoms with Crippen LogP contribution in [0.5, 0.6) is 0 Å². The molecule has 1 aliphatic heterocycles. The number of anilines is 1. The van der Waals surface area contributed by atoms with E-state index in [1.807, 2.05) is 24.0 Å². The molecule has 1 aromatic rings. The molecule has 0 aromatic heterocycles. The van der Waals surface area contributed by atoms with Crippen molar-refractivity contribution in [3.63, 3.8) is 0 Å². The number of hydrogen-bond acceptors (Lipinski definition) is 2. The van der Waals surface area contributed by atoms with Gasteiger partial charge in [0.2, 0.25) is 0 Å². The first-order valence-corrected chi connectivity index (χ1v) is 6.79. The van der Waals surface area contributed by atoms with Crippen LogP contribution in [0.15, 0.2) is 28.3 Å². The van der Waals surface area contributed by atoms with Crippen molar-refractivity contribution in [2.75, 3.05) is 18.8 Å². The molecule has 1 amide bonds. The molecule has 0 bridgehead atoms. The van der Waals surface area contributed by atoms with Gasteiger partial charge in [-0.2, -0.15) is 0 Å². The smallest absolute Gasteiger partial charge is 0.254 e. The van der Waals surface area contributed by atoms with Crippen LogP contribution in [0.3, 0.4) is 0 Å². The van der Waals surface area contributed by atoms with Crippen LogP contribution in [0.1, 0.15) is 29.3 Å². The number of carbonyl (C=O) groups is 1. The van der Waals surface area contributed by atoms with Crippen molar-refractivity contribution in [3.05, 3.63) is 39.4 Å². The molecule has 0 fully saturated rings. The molecule has 1 heterocycles. The SMILES string of the molecule is CC1=CCCN(C(=O)c2cc(Br)cc(N)c2C)C1. The molecule has 1 aliphatic rings. The van der Waals surface area contributed by atoms with Crippen LogP contribution in [0.25, 0.3) is 0 Å². The minimum absolute atomic E-state index is 0.0629. The van der Waals surface area contributed by atoms with E-state index in [-0.39, 0.29) is 5.91 Å². The molecule has 3 nitrogen and oxygen atoms in total. The predicted octanol–water partition coefficient (Wildman–Crippen LogP) is 3.13. The molecule has 4 heteroatoms. The zero-order valence-corrected chi connectivity index (χ0v) is 12.3. The third-order valence-corrected chi connectivity index (χ3v) is 3.72. The van der Waals surface area contributed by atoms with Gasteiger partial charge in [-0.1, -0.05) is 27.6 Å². The van der Waals surface area contributed by atoms with Gasteiger partial charge in [-0.15, -0.1) is 0 Å². The normalized spacial score (nSPS) is 15.5. The summed E-state index contributed by atoms with van der Waals surface area (Å²) in [5.74, 6) is 0.0629. The molecule has 0 unspecified atom stereocenters. The number of amides is 1. The first-order valence-electron chi connectivity index (χ1n) is 5.99. The second-order valence-corrected chi connectivity index (χ2v) is 5.65. The Labute approximate surface area is 116 Å². The molecule has 0 saturated heterocycles. The van der Waals surface area contributed by atoms with E-state index in [0.717, 1.165) is 23.0 Å². The minimum atomic E-state index is 0.0629. The van der Waals surface area contributed by atoms with Gasteiger partial charge < -0.3 is 10.6 Å². The largest absolute Gasteiger partial charge is 0.398 e. The summed E-state index contributed by atoms with van der Waals surface area (Å²) in [5.41, 5.74) is 9.35. The van der Waals surface area contributed by atoms with Crippen molar-refractivity contribution in [2.24, 2.45) is 0 Å². The van der Waals surface area contributed by atoms with Crippen LogP contribution in [0.4, 0.5) is 5.69 Å². The number of hydrogen-bond donors (Lipinski definition) is 1. The fraction of sp³-hybridized carbons (Fsp3) is 0.357. The summed E-state index contributed by atoms with van der Waals surface area (Å²) in [5, 5.41) is 0. The van der Waals surface area contributed by atoms with Crippen molar-refractivity contribution in [1.29, 1.82) is 0 Å². The van der Waals surface area contributed by atoms with E-state index in [0.29, 0.717) is 17.8 Å². The van der Waals surface area contributed by atoms with Crippen LogP contribution in [-0.4, -0.2) is 23.9 Å². The highest BCUT2D eigenvalue weighted by molar-refractivity contribution is 9.10. The summed E-state index contributed by atoms with van der Waals surface area (Å²) in [6.07, 6.45) is 3.12. The molecule has 2 rings (SSSR count). The third kappa shape index (κ3) is 2.58. The lowest BCUT2D eigenvalue weighted by molar-refractivity contribution is 0.0765. The Kier molecular flexibility index (Phi) is 3.76. The van der Waals surface area contributed by atoms with Crippen molar-refractivity contribution in [2.45, 2.75) is 20.3 Å². The lowest BCUT2D eigenvalue weighted by atomic mass is 10.0. The van der Waals surface area contributed by atoms with Gasteiger partial charge in [0.15, 0.2) is 0 Å². The van der Waals surface area contributed by atoms with Gasteiger partial charge in [-0.3, -0.25) is 4.79 Å². The zero-order valence-electron chi connectivity index (χ0n) is 10.7. The van der Waals surface area contributed by atoms with Gasteiger partial charge in [0.05, 0.1) is 0 Å². The number of nitrogens with two attached hydrogens (primary N) is 1. The molecular weight excluding hydrogens is 292 g/mol. The molecule has 18 heavy (non-hydrogen) atoms. The average Bonchev–Trinajstić information content (AvgIpc) is 2.33. The highest BCUT2D eigenvalue weighted by Crippen LogP contribution is 2.24. The maximum absolute atomic E-state index is 12.5. The fourth-order valence-corrected chi connectivity index (χ4v) is 2.65. The van der Waals surface area contributed by atoms with E-state index in [1.54, 1.807) is 0 Å². The molecule has 96 valence electrons. The van der Waals surface area contributed by atoms with Crippen LogP contribution in [0, 0.1) is 6.92 Å². The summed E-state index contributed by atoms with van der Waals surface area (Å²) in [7, 11) is 0. The molecular formula is C14H17BrN2O. The Balaban J connectivity index is 2.32. The number of benzene rings is 1. The fourth-order valence-electron chi connectivity index (χ4n) is 2.18. The van der Waals surface area contributed by atoms with Gasteiger partial charge in [0.1, 0.15) is 0 Å². The second kappa shape index (κ2) is 5.14. The lowest BCUT2D eigenvalue weighted by Crippen LogP contribution is -2.35. The topological polar surface area (TPSA) is 46.3 Å². The highest BCUT2D eigenvalue weighted by atomic mass is 79.9. The molecule has 0 atom stereocenters. The molecule has 1 aromatic carbocycles. The molecule has 2 N–H and O–H groups in total. The maximum atomic E-state index is 12.5. The Morgan fingerprint density at radius 3 is 2.78 bits per heavy atom. The van der Waals surface area contributed by atoms with Gasteiger partial charge in [0, 0.05) is 28.8 Å². The first-order chi connectivity index (χ1) is 8.49. The summed E-state index contributed by atoms with van der Waals surface area (Å²) >= 11 is 3.39. The molecule has 0 spiro atoms. The van der Waals surface area contributed by atoms with Gasteiger partial charge in [0.25, 0.3) is 5.91 Å². The Morgan fingerprint density at radius 1 is 1.39 bits per heavy atom. The van der Waals surface area contributed by atoms with Crippen LogP contribution >= 0.6 is 15.9 Å². The first kappa shape index (κ1) is 13.1. The number of nitrogens with zero attached hydrogens (tertiary/aromatic N) is 1. The Morgan fingerprint density at radius 2 is 2.11 bits per heavy atom. The number of halogens is 1. The summed E-state index contributed by atoms with van der Waals surface area (Å²) in [6.45, 7) is 5.44.